The van der Waals surface area contributed by atoms with Gasteiger partial charge >= 0.3 is 0 Å². The SMILES string of the molecule is Cc1ccc(/C=C/C(=O)N(C)CCCc2cc(-c3ccccc3)no2)s1. The Morgan fingerprint density at radius 1 is 1.23 bits per heavy atom. The van der Waals surface area contributed by atoms with Crippen LogP contribution in [0.5, 0.6) is 0 Å². The standard InChI is InChI=1S/C21H22N2O2S/c1-16-10-11-19(26-16)12-13-21(24)23(2)14-6-9-18-15-20(22-25-18)17-7-4-3-5-8-17/h3-5,7-8,10-13,15H,6,9,14H2,1-2H3/b13-12+. The highest BCUT2D eigenvalue weighted by Gasteiger charge is 2.08. The molecule has 0 aliphatic heterocycles. The normalized spacial score (nSPS) is 11.2. The fraction of sp³-hybridized carbons (Fsp3) is 0.238. The maximum Gasteiger partial charge on any atom is 0.246 e. The minimum Gasteiger partial charge on any atom is -0.361 e. The number of benzene rings is 1. The number of hydrogen-bond donors (Lipinski definition) is 0. The Labute approximate surface area is 157 Å². The Morgan fingerprint density at radius 2 is 2.04 bits per heavy atom. The number of nitrogens with zero attached hydrogens (tertiary/aromatic N) is 2. The largest absolute Gasteiger partial charge is 0.361 e. The maximum atomic E-state index is 12.2. The molecular formula is C21H22N2O2S. The van der Waals surface area contributed by atoms with Crippen molar-refractivity contribution in [1.82, 2.24) is 10.1 Å². The molecule has 0 bridgehead atoms. The van der Waals surface area contributed by atoms with E-state index in [0.29, 0.717) is 6.54 Å². The highest BCUT2D eigenvalue weighted by Crippen LogP contribution is 2.19. The van der Waals surface area contributed by atoms with E-state index in [4.69, 9.17) is 4.52 Å². The summed E-state index contributed by atoms with van der Waals surface area (Å²) in [5.74, 6) is 0.855. The summed E-state index contributed by atoms with van der Waals surface area (Å²) in [5.41, 5.74) is 1.89. The number of hydrogen-bond acceptors (Lipinski definition) is 4. The summed E-state index contributed by atoms with van der Waals surface area (Å²) in [6, 6.07) is 16.0. The minimum absolute atomic E-state index is 0.0126. The van der Waals surface area contributed by atoms with Gasteiger partial charge in [-0.15, -0.1) is 11.3 Å². The molecular weight excluding hydrogens is 344 g/mol. The summed E-state index contributed by atoms with van der Waals surface area (Å²) in [7, 11) is 1.82. The van der Waals surface area contributed by atoms with Gasteiger partial charge in [-0.25, -0.2) is 0 Å². The van der Waals surface area contributed by atoms with Gasteiger partial charge in [-0.05, 0) is 31.6 Å². The molecule has 4 nitrogen and oxygen atoms in total. The quantitative estimate of drug-likeness (QED) is 0.563. The summed E-state index contributed by atoms with van der Waals surface area (Å²) in [6.07, 6.45) is 5.09. The second kappa shape index (κ2) is 8.63. The Kier molecular flexibility index (Phi) is 6.02. The highest BCUT2D eigenvalue weighted by molar-refractivity contribution is 7.12. The van der Waals surface area contributed by atoms with Gasteiger partial charge in [-0.3, -0.25) is 4.79 Å². The lowest BCUT2D eigenvalue weighted by atomic mass is 10.1. The van der Waals surface area contributed by atoms with Crippen molar-refractivity contribution in [3.63, 3.8) is 0 Å². The summed E-state index contributed by atoms with van der Waals surface area (Å²) in [5, 5.41) is 4.12. The monoisotopic (exact) mass is 366 g/mol. The van der Waals surface area contributed by atoms with E-state index in [1.165, 1.54) is 4.88 Å². The number of carbonyl (C=O) groups excluding carboxylic acids is 1. The number of aryl methyl sites for hydroxylation is 2. The number of thiophene rings is 1. The average Bonchev–Trinajstić information content (AvgIpc) is 3.29. The van der Waals surface area contributed by atoms with Gasteiger partial charge in [0.25, 0.3) is 0 Å². The molecule has 5 heteroatoms. The molecule has 0 aliphatic rings. The molecule has 2 heterocycles. The van der Waals surface area contributed by atoms with Gasteiger partial charge in [0.2, 0.25) is 5.91 Å². The van der Waals surface area contributed by atoms with Crippen molar-refractivity contribution >= 4 is 23.3 Å². The van der Waals surface area contributed by atoms with Gasteiger partial charge in [-0.2, -0.15) is 0 Å². The third-order valence-electron chi connectivity index (χ3n) is 4.07. The van der Waals surface area contributed by atoms with Gasteiger partial charge < -0.3 is 9.42 Å². The van der Waals surface area contributed by atoms with Crippen molar-refractivity contribution in [2.24, 2.45) is 0 Å². The Bertz CT molecular complexity index is 880. The smallest absolute Gasteiger partial charge is 0.246 e. The van der Waals surface area contributed by atoms with Crippen molar-refractivity contribution in [1.29, 1.82) is 0 Å². The highest BCUT2D eigenvalue weighted by atomic mass is 32.1. The molecule has 0 spiro atoms. The Morgan fingerprint density at radius 3 is 2.77 bits per heavy atom. The van der Waals surface area contributed by atoms with Crippen LogP contribution in [0.25, 0.3) is 17.3 Å². The van der Waals surface area contributed by atoms with E-state index < -0.39 is 0 Å². The number of amides is 1. The number of likely N-dealkylation sites (N-methyl/N-ethyl adjacent to an activating group) is 1. The lowest BCUT2D eigenvalue weighted by Crippen LogP contribution is -2.26. The van der Waals surface area contributed by atoms with Crippen LogP contribution in [0.15, 0.2) is 59.1 Å². The molecule has 26 heavy (non-hydrogen) atoms. The predicted molar refractivity (Wildman–Crippen MR) is 106 cm³/mol. The van der Waals surface area contributed by atoms with Crippen LogP contribution in [0.3, 0.4) is 0 Å². The molecule has 0 atom stereocenters. The van der Waals surface area contributed by atoms with Gasteiger partial charge in [0.1, 0.15) is 11.5 Å². The molecule has 134 valence electrons. The molecule has 0 N–H and O–H groups in total. The van der Waals surface area contributed by atoms with E-state index in [9.17, 15) is 4.79 Å². The molecule has 1 amide bonds. The lowest BCUT2D eigenvalue weighted by Gasteiger charge is -2.14. The predicted octanol–water partition coefficient (Wildman–Crippen LogP) is 4.82. The van der Waals surface area contributed by atoms with E-state index >= 15 is 0 Å². The Hall–Kier alpha value is -2.66. The minimum atomic E-state index is 0.0126. The first-order valence-electron chi connectivity index (χ1n) is 8.62. The zero-order valence-electron chi connectivity index (χ0n) is 15.0. The molecule has 0 radical (unpaired) electrons. The van der Waals surface area contributed by atoms with E-state index in [-0.39, 0.29) is 5.91 Å². The third-order valence-corrected chi connectivity index (χ3v) is 5.04. The van der Waals surface area contributed by atoms with Crippen LogP contribution in [-0.2, 0) is 11.2 Å². The van der Waals surface area contributed by atoms with Crippen LogP contribution < -0.4 is 0 Å². The van der Waals surface area contributed by atoms with Crippen LogP contribution in [0, 0.1) is 6.92 Å². The molecule has 2 aromatic heterocycles. The van der Waals surface area contributed by atoms with E-state index in [1.807, 2.05) is 55.6 Å². The van der Waals surface area contributed by atoms with Crippen molar-refractivity contribution < 1.29 is 9.32 Å². The fourth-order valence-corrected chi connectivity index (χ4v) is 3.38. The second-order valence-corrected chi connectivity index (χ2v) is 7.51. The summed E-state index contributed by atoms with van der Waals surface area (Å²) >= 11 is 1.68. The van der Waals surface area contributed by atoms with Crippen LogP contribution in [0.4, 0.5) is 0 Å². The molecule has 3 aromatic rings. The Balaban J connectivity index is 1.46. The molecule has 0 aliphatic carbocycles. The molecule has 0 saturated heterocycles. The van der Waals surface area contributed by atoms with Gasteiger partial charge in [-0.1, -0.05) is 35.5 Å². The summed E-state index contributed by atoms with van der Waals surface area (Å²) < 4.78 is 5.40. The van der Waals surface area contributed by atoms with Gasteiger partial charge in [0.15, 0.2) is 0 Å². The van der Waals surface area contributed by atoms with E-state index in [2.05, 4.69) is 18.1 Å². The molecule has 0 unspecified atom stereocenters. The fourth-order valence-electron chi connectivity index (χ4n) is 2.60. The first-order valence-corrected chi connectivity index (χ1v) is 9.44. The average molecular weight is 366 g/mol. The van der Waals surface area contributed by atoms with Crippen molar-refractivity contribution in [2.75, 3.05) is 13.6 Å². The first-order chi connectivity index (χ1) is 12.6. The van der Waals surface area contributed by atoms with Crippen molar-refractivity contribution in [3.8, 4) is 11.3 Å². The lowest BCUT2D eigenvalue weighted by molar-refractivity contribution is -0.124. The zero-order chi connectivity index (χ0) is 18.4. The summed E-state index contributed by atoms with van der Waals surface area (Å²) in [4.78, 5) is 16.2. The molecule has 0 saturated carbocycles. The van der Waals surface area contributed by atoms with E-state index in [1.54, 1.807) is 22.3 Å². The van der Waals surface area contributed by atoms with Crippen molar-refractivity contribution in [3.05, 3.63) is 70.1 Å². The van der Waals surface area contributed by atoms with Crippen molar-refractivity contribution in [2.45, 2.75) is 19.8 Å². The first kappa shape index (κ1) is 18.1. The number of rotatable bonds is 7. The molecule has 0 fully saturated rings. The number of aromatic nitrogens is 1. The van der Waals surface area contributed by atoms with Crippen LogP contribution >= 0.6 is 11.3 Å². The van der Waals surface area contributed by atoms with Crippen LogP contribution in [0.2, 0.25) is 0 Å². The third kappa shape index (κ3) is 4.92. The topological polar surface area (TPSA) is 46.3 Å². The summed E-state index contributed by atoms with van der Waals surface area (Å²) in [6.45, 7) is 2.73. The molecule has 3 rings (SSSR count). The molecule has 1 aromatic carbocycles. The van der Waals surface area contributed by atoms with Gasteiger partial charge in [0.05, 0.1) is 0 Å². The second-order valence-electron chi connectivity index (χ2n) is 6.19. The van der Waals surface area contributed by atoms with Crippen LogP contribution in [-0.4, -0.2) is 29.6 Å². The van der Waals surface area contributed by atoms with Crippen LogP contribution in [0.1, 0.15) is 21.9 Å². The zero-order valence-corrected chi connectivity index (χ0v) is 15.8. The van der Waals surface area contributed by atoms with E-state index in [0.717, 1.165) is 34.7 Å². The van der Waals surface area contributed by atoms with Gasteiger partial charge in [0, 0.05) is 47.5 Å². The maximum absolute atomic E-state index is 12.2. The number of carbonyl (C=O) groups is 1.